The Balaban J connectivity index is 1.24. The molecular weight excluding hydrogens is 564 g/mol. The second-order valence-corrected chi connectivity index (χ2v) is 13.6. The van der Waals surface area contributed by atoms with Crippen LogP contribution in [0.5, 0.6) is 0 Å². The maximum absolute atomic E-state index is 14.8. The summed E-state index contributed by atoms with van der Waals surface area (Å²) in [4.78, 5) is 38.8. The highest BCUT2D eigenvalue weighted by Gasteiger charge is 2.57. The van der Waals surface area contributed by atoms with Crippen molar-refractivity contribution >= 4 is 11.7 Å². The summed E-state index contributed by atoms with van der Waals surface area (Å²) >= 11 is 0. The van der Waals surface area contributed by atoms with E-state index in [1.165, 1.54) is 6.42 Å². The number of pyridine rings is 2. The molecule has 1 saturated heterocycles. The first-order chi connectivity index (χ1) is 21.7. The summed E-state index contributed by atoms with van der Waals surface area (Å²) in [5, 5.41) is 17.7. The molecule has 4 atom stereocenters. The molecular formula is C35H38N8O2. The number of fused-ring (bicyclic) bond motifs is 2. The van der Waals surface area contributed by atoms with E-state index in [0.29, 0.717) is 65.7 Å². The Hall–Kier alpha value is -4.73. The van der Waals surface area contributed by atoms with Crippen molar-refractivity contribution in [2.45, 2.75) is 52.0 Å². The van der Waals surface area contributed by atoms with Gasteiger partial charge in [-0.25, -0.2) is 0 Å². The average molecular weight is 603 g/mol. The van der Waals surface area contributed by atoms with Crippen molar-refractivity contribution in [2.75, 3.05) is 6.54 Å². The number of aromatic amines is 1. The summed E-state index contributed by atoms with van der Waals surface area (Å²) in [6.07, 6.45) is 11.9. The van der Waals surface area contributed by atoms with E-state index in [9.17, 15) is 9.59 Å². The van der Waals surface area contributed by atoms with E-state index >= 15 is 0 Å². The number of allylic oxidation sites excluding steroid dienone is 1. The van der Waals surface area contributed by atoms with E-state index in [0.717, 1.165) is 23.1 Å². The molecule has 4 unspecified atom stereocenters. The highest BCUT2D eigenvalue weighted by Crippen LogP contribution is 2.63. The summed E-state index contributed by atoms with van der Waals surface area (Å²) in [5.41, 5.74) is 2.64. The van der Waals surface area contributed by atoms with E-state index in [2.05, 4.69) is 56.7 Å². The first kappa shape index (κ1) is 29.0. The minimum Gasteiger partial charge on any atom is -0.357 e. The topological polar surface area (TPSA) is 130 Å². The van der Waals surface area contributed by atoms with Gasteiger partial charge in [0.25, 0.3) is 5.91 Å². The van der Waals surface area contributed by atoms with Crippen LogP contribution < -0.4 is 5.32 Å². The van der Waals surface area contributed by atoms with E-state index in [1.54, 1.807) is 55.1 Å². The van der Waals surface area contributed by atoms with Crippen molar-refractivity contribution in [1.29, 1.82) is 0 Å². The number of ketones is 1. The normalized spacial score (nSPS) is 25.5. The molecule has 1 aliphatic heterocycles. The Bertz CT molecular complexity index is 1660. The number of nitrogens with one attached hydrogen (secondary N) is 2. The van der Waals surface area contributed by atoms with E-state index in [4.69, 9.17) is 0 Å². The van der Waals surface area contributed by atoms with Gasteiger partial charge >= 0.3 is 0 Å². The van der Waals surface area contributed by atoms with Crippen LogP contribution in [0.25, 0.3) is 11.4 Å². The van der Waals surface area contributed by atoms with Crippen LogP contribution in [0.1, 0.15) is 55.1 Å². The van der Waals surface area contributed by atoms with Gasteiger partial charge in [-0.2, -0.15) is 5.21 Å². The van der Waals surface area contributed by atoms with Gasteiger partial charge in [-0.3, -0.25) is 24.5 Å². The van der Waals surface area contributed by atoms with Crippen LogP contribution in [0.3, 0.4) is 0 Å². The fourth-order valence-corrected chi connectivity index (χ4v) is 8.04. The number of H-pyrrole nitrogens is 1. The molecule has 0 radical (unpaired) electrons. The number of amides is 1. The molecule has 45 heavy (non-hydrogen) atoms. The Labute approximate surface area is 262 Å². The molecule has 4 fully saturated rings. The zero-order chi connectivity index (χ0) is 31.2. The van der Waals surface area contributed by atoms with Crippen LogP contribution >= 0.6 is 0 Å². The first-order valence-electron chi connectivity index (χ1n) is 15.7. The molecule has 1 amide bonds. The number of hydrogen-bond acceptors (Lipinski definition) is 8. The van der Waals surface area contributed by atoms with E-state index < -0.39 is 5.54 Å². The molecule has 2 bridgehead atoms. The predicted octanol–water partition coefficient (Wildman–Crippen LogP) is 4.66. The van der Waals surface area contributed by atoms with Crippen LogP contribution in [0.15, 0.2) is 85.2 Å². The van der Waals surface area contributed by atoms with Gasteiger partial charge < -0.3 is 5.32 Å². The summed E-state index contributed by atoms with van der Waals surface area (Å²) < 4.78 is 0. The zero-order valence-corrected chi connectivity index (χ0v) is 25.9. The lowest BCUT2D eigenvalue weighted by molar-refractivity contribution is -0.142. The zero-order valence-electron chi connectivity index (χ0n) is 25.9. The van der Waals surface area contributed by atoms with Gasteiger partial charge in [-0.05, 0) is 82.5 Å². The summed E-state index contributed by atoms with van der Waals surface area (Å²) in [5.74, 6) is 2.99. The van der Waals surface area contributed by atoms with Crippen molar-refractivity contribution in [3.05, 3.63) is 102 Å². The summed E-state index contributed by atoms with van der Waals surface area (Å²) in [6.45, 7) is 7.72. The number of carbonyl (C=O) groups is 2. The molecule has 2 N–H and O–H groups in total. The predicted molar refractivity (Wildman–Crippen MR) is 168 cm³/mol. The summed E-state index contributed by atoms with van der Waals surface area (Å²) in [6, 6.07) is 14.9. The molecule has 230 valence electrons. The smallest absolute Gasteiger partial charge is 0.254 e. The number of hydrogen-bond donors (Lipinski definition) is 2. The Morgan fingerprint density at radius 3 is 2.16 bits per heavy atom. The number of aromatic nitrogens is 6. The fourth-order valence-electron chi connectivity index (χ4n) is 8.04. The van der Waals surface area contributed by atoms with Gasteiger partial charge in [0.2, 0.25) is 5.82 Å². The minimum absolute atomic E-state index is 0.00617. The van der Waals surface area contributed by atoms with Gasteiger partial charge in [0.05, 0.1) is 0 Å². The Morgan fingerprint density at radius 1 is 0.956 bits per heavy atom. The highest BCUT2D eigenvalue weighted by atomic mass is 16.2. The number of benzene rings is 1. The molecule has 10 nitrogen and oxygen atoms in total. The monoisotopic (exact) mass is 602 g/mol. The average Bonchev–Trinajstić information content (AvgIpc) is 3.67. The molecule has 4 aromatic rings. The quantitative estimate of drug-likeness (QED) is 0.209. The van der Waals surface area contributed by atoms with Crippen LogP contribution in [-0.4, -0.2) is 59.3 Å². The van der Waals surface area contributed by atoms with Crippen LogP contribution in [0.4, 0.5) is 0 Å². The number of rotatable bonds is 9. The minimum atomic E-state index is -0.975. The third kappa shape index (κ3) is 5.32. The van der Waals surface area contributed by atoms with Crippen molar-refractivity contribution in [3.63, 3.8) is 0 Å². The van der Waals surface area contributed by atoms with Gasteiger partial charge in [-0.1, -0.05) is 45.0 Å². The van der Waals surface area contributed by atoms with Gasteiger partial charge in [0.1, 0.15) is 11.4 Å². The highest BCUT2D eigenvalue weighted by molar-refractivity contribution is 6.06. The van der Waals surface area contributed by atoms with Gasteiger partial charge in [-0.15, -0.1) is 10.2 Å². The van der Waals surface area contributed by atoms with E-state index in [1.807, 2.05) is 29.2 Å². The molecule has 4 heterocycles. The Morgan fingerprint density at radius 2 is 1.60 bits per heavy atom. The molecule has 4 aliphatic rings. The molecule has 3 aromatic heterocycles. The second kappa shape index (κ2) is 11.3. The lowest BCUT2D eigenvalue weighted by atomic mass is 9.43. The Kier molecular flexibility index (Phi) is 7.30. The van der Waals surface area contributed by atoms with Crippen molar-refractivity contribution < 1.29 is 9.59 Å². The van der Waals surface area contributed by atoms with Gasteiger partial charge in [0, 0.05) is 61.4 Å². The molecule has 8 rings (SSSR count). The molecule has 0 spiro atoms. The number of tetrazole rings is 1. The molecule has 10 heteroatoms. The standard InChI is InChI=1S/C35H38N8O2/c1-22-27(16-28-17-29(22)34(28,2)3)21-43-31(18-30(44)25-4-6-26(7-5-25)32-39-41-42-40-32)38-35(33(43)45,19-23-8-12-36-13-9-23)20-24-10-14-37-15-11-24/h4-15,18,22,27-29,38H,16-17,19-21H2,1-3H3,(H,39,40,41,42). The van der Waals surface area contributed by atoms with Crippen molar-refractivity contribution in [2.24, 2.45) is 29.1 Å². The summed E-state index contributed by atoms with van der Waals surface area (Å²) in [7, 11) is 0. The maximum Gasteiger partial charge on any atom is 0.254 e. The van der Waals surface area contributed by atoms with Crippen molar-refractivity contribution in [3.8, 4) is 11.4 Å². The maximum atomic E-state index is 14.8. The van der Waals surface area contributed by atoms with Crippen LogP contribution in [-0.2, 0) is 17.6 Å². The molecule has 3 saturated carbocycles. The third-order valence-corrected chi connectivity index (χ3v) is 10.8. The van der Waals surface area contributed by atoms with Crippen molar-refractivity contribution in [1.82, 2.24) is 40.8 Å². The lowest BCUT2D eigenvalue weighted by Crippen LogP contribution is -2.57. The third-order valence-electron chi connectivity index (χ3n) is 10.8. The first-order valence-corrected chi connectivity index (χ1v) is 15.7. The molecule has 3 aliphatic carbocycles. The fraction of sp³-hybridized carbons (Fsp3) is 0.400. The van der Waals surface area contributed by atoms with E-state index in [-0.39, 0.29) is 11.7 Å². The molecule has 1 aromatic carbocycles. The van der Waals surface area contributed by atoms with Gasteiger partial charge in [0.15, 0.2) is 5.78 Å². The SMILES string of the molecule is CC1C(CN2C(=O)C(Cc3ccncc3)(Cc3ccncc3)NC2=CC(=O)c2ccc(-c3nn[nH]n3)cc2)CC2CC1C2(C)C. The second-order valence-electron chi connectivity index (χ2n) is 13.6. The van der Waals surface area contributed by atoms with Crippen LogP contribution in [0, 0.1) is 29.1 Å². The number of nitrogens with zero attached hydrogens (tertiary/aromatic N) is 6. The number of carbonyl (C=O) groups excluding carboxylic acids is 2. The largest absolute Gasteiger partial charge is 0.357 e. The lowest BCUT2D eigenvalue weighted by Gasteiger charge is -2.62. The van der Waals surface area contributed by atoms with Crippen LogP contribution in [0.2, 0.25) is 0 Å².